The molecular formula is C8H9N3O3S2. The van der Waals surface area contributed by atoms with Crippen LogP contribution in [0.15, 0.2) is 18.2 Å². The minimum Gasteiger partial charge on any atom is -0.331 e. The summed E-state index contributed by atoms with van der Waals surface area (Å²) in [5.41, 5.74) is 4.46. The maximum atomic E-state index is 10.8. The van der Waals surface area contributed by atoms with Gasteiger partial charge in [-0.2, -0.15) is 12.7 Å². The second-order valence-corrected chi connectivity index (χ2v) is 5.21. The molecule has 0 aliphatic heterocycles. The molecule has 3 N–H and O–H groups in total. The molecule has 0 saturated carbocycles. The quantitative estimate of drug-likeness (QED) is 0.575. The number of nitrogens with one attached hydrogen (secondary N) is 3. The molecule has 6 nitrogen and oxygen atoms in total. The van der Waals surface area contributed by atoms with E-state index >= 15 is 0 Å². The van der Waals surface area contributed by atoms with Crippen LogP contribution in [0.3, 0.4) is 0 Å². The highest BCUT2D eigenvalue weighted by Crippen LogP contribution is 2.16. The smallest absolute Gasteiger partial charge is 0.284 e. The lowest BCUT2D eigenvalue weighted by Crippen LogP contribution is -2.08. The van der Waals surface area contributed by atoms with Gasteiger partial charge in [0.05, 0.1) is 23.0 Å². The van der Waals surface area contributed by atoms with Crippen LogP contribution in [0.4, 0.5) is 5.69 Å². The second-order valence-electron chi connectivity index (χ2n) is 3.23. The van der Waals surface area contributed by atoms with Crippen molar-refractivity contribution in [2.75, 3.05) is 11.7 Å². The first-order valence-corrected chi connectivity index (χ1v) is 6.53. The van der Waals surface area contributed by atoms with E-state index in [1.807, 2.05) is 0 Å². The second kappa shape index (κ2) is 3.89. The summed E-state index contributed by atoms with van der Waals surface area (Å²) in [5.74, 6) is 0. The van der Waals surface area contributed by atoms with Crippen LogP contribution in [0.25, 0.3) is 11.0 Å². The average molecular weight is 259 g/mol. The Labute approximate surface area is 96.7 Å². The van der Waals surface area contributed by atoms with E-state index < -0.39 is 10.1 Å². The van der Waals surface area contributed by atoms with Crippen LogP contribution >= 0.6 is 12.2 Å². The lowest BCUT2D eigenvalue weighted by molar-refractivity contribution is 0.396. The van der Waals surface area contributed by atoms with Gasteiger partial charge >= 0.3 is 0 Å². The summed E-state index contributed by atoms with van der Waals surface area (Å²) in [6.07, 6.45) is 0.961. The zero-order chi connectivity index (χ0) is 11.8. The van der Waals surface area contributed by atoms with Crippen molar-refractivity contribution in [2.45, 2.75) is 0 Å². The first-order chi connectivity index (χ1) is 7.44. The van der Waals surface area contributed by atoms with Crippen LogP contribution < -0.4 is 5.48 Å². The van der Waals surface area contributed by atoms with E-state index in [2.05, 4.69) is 19.7 Å². The van der Waals surface area contributed by atoms with Gasteiger partial charge in [-0.25, -0.2) is 5.48 Å². The molecule has 16 heavy (non-hydrogen) atoms. The van der Waals surface area contributed by atoms with Crippen molar-refractivity contribution in [3.8, 4) is 0 Å². The molecule has 0 amide bonds. The largest absolute Gasteiger partial charge is 0.331 e. The van der Waals surface area contributed by atoms with Crippen molar-refractivity contribution in [3.63, 3.8) is 0 Å². The molecule has 0 saturated heterocycles. The van der Waals surface area contributed by atoms with Crippen molar-refractivity contribution in [1.29, 1.82) is 0 Å². The van der Waals surface area contributed by atoms with Gasteiger partial charge in [0.2, 0.25) is 0 Å². The number of H-pyrrole nitrogens is 2. The Morgan fingerprint density at radius 3 is 2.69 bits per heavy atom. The van der Waals surface area contributed by atoms with Crippen LogP contribution in [0.2, 0.25) is 0 Å². The molecular weight excluding hydrogens is 250 g/mol. The average Bonchev–Trinajstić information content (AvgIpc) is 2.52. The molecule has 0 fully saturated rings. The van der Waals surface area contributed by atoms with Crippen LogP contribution in [0.5, 0.6) is 0 Å². The van der Waals surface area contributed by atoms with Crippen LogP contribution in [-0.4, -0.2) is 24.6 Å². The molecule has 1 aromatic heterocycles. The Kier molecular flexibility index (Phi) is 2.70. The molecule has 0 radical (unpaired) electrons. The SMILES string of the molecule is CS(=O)(=O)ONc1ccc2[nH]c(=S)[nH]c2c1. The first-order valence-electron chi connectivity index (χ1n) is 4.30. The molecule has 0 bridgehead atoms. The van der Waals surface area contributed by atoms with Crippen LogP contribution in [0, 0.1) is 4.77 Å². The number of aromatic amines is 2. The Morgan fingerprint density at radius 2 is 2.00 bits per heavy atom. The van der Waals surface area contributed by atoms with Gasteiger partial charge in [-0.3, -0.25) is 0 Å². The standard InChI is InChI=1S/C8H9N3O3S2/c1-16(12,13)14-11-5-2-3-6-7(4-5)10-8(15)9-6/h2-4,11H,1H3,(H2,9,10,15). The van der Waals surface area contributed by atoms with E-state index in [0.29, 0.717) is 10.5 Å². The zero-order valence-corrected chi connectivity index (χ0v) is 9.91. The number of hydrogen-bond donors (Lipinski definition) is 3. The predicted octanol–water partition coefficient (Wildman–Crippen LogP) is 1.53. The maximum absolute atomic E-state index is 10.8. The number of benzene rings is 1. The van der Waals surface area contributed by atoms with Gasteiger partial charge in [0, 0.05) is 0 Å². The van der Waals surface area contributed by atoms with E-state index in [1.54, 1.807) is 18.2 Å². The third-order valence-corrected chi connectivity index (χ3v) is 2.42. The fourth-order valence-electron chi connectivity index (χ4n) is 1.22. The fraction of sp³-hybridized carbons (Fsp3) is 0.125. The van der Waals surface area contributed by atoms with Gasteiger partial charge in [0.25, 0.3) is 10.1 Å². The summed E-state index contributed by atoms with van der Waals surface area (Å²) < 4.78 is 26.5. The normalized spacial score (nSPS) is 11.8. The number of imidazole rings is 1. The van der Waals surface area contributed by atoms with E-state index in [-0.39, 0.29) is 0 Å². The lowest BCUT2D eigenvalue weighted by Gasteiger charge is -2.03. The molecule has 0 atom stereocenters. The topological polar surface area (TPSA) is 87.0 Å². The highest BCUT2D eigenvalue weighted by atomic mass is 32.2. The molecule has 8 heteroatoms. The molecule has 1 aromatic carbocycles. The molecule has 86 valence electrons. The molecule has 0 spiro atoms. The van der Waals surface area contributed by atoms with Crippen LogP contribution in [0.1, 0.15) is 0 Å². The number of aromatic nitrogens is 2. The maximum Gasteiger partial charge on any atom is 0.284 e. The van der Waals surface area contributed by atoms with Gasteiger partial charge in [0.15, 0.2) is 4.77 Å². The molecule has 1 heterocycles. The van der Waals surface area contributed by atoms with E-state index in [1.165, 1.54) is 0 Å². The third-order valence-electron chi connectivity index (χ3n) is 1.83. The zero-order valence-electron chi connectivity index (χ0n) is 8.27. The van der Waals surface area contributed by atoms with Gasteiger partial charge in [-0.15, -0.1) is 0 Å². The highest BCUT2D eigenvalue weighted by molar-refractivity contribution is 7.86. The van der Waals surface area contributed by atoms with Crippen molar-refractivity contribution in [2.24, 2.45) is 0 Å². The van der Waals surface area contributed by atoms with Crippen molar-refractivity contribution in [1.82, 2.24) is 9.97 Å². The first kappa shape index (κ1) is 11.1. The summed E-state index contributed by atoms with van der Waals surface area (Å²) in [4.78, 5) is 5.84. The summed E-state index contributed by atoms with van der Waals surface area (Å²) in [6.45, 7) is 0. The van der Waals surface area contributed by atoms with E-state index in [0.717, 1.165) is 17.3 Å². The van der Waals surface area contributed by atoms with Crippen molar-refractivity contribution >= 4 is 39.1 Å². The molecule has 0 unspecified atom stereocenters. The van der Waals surface area contributed by atoms with E-state index in [9.17, 15) is 8.42 Å². The van der Waals surface area contributed by atoms with Gasteiger partial charge in [-0.05, 0) is 30.4 Å². The van der Waals surface area contributed by atoms with E-state index in [4.69, 9.17) is 12.2 Å². The minimum atomic E-state index is -3.52. The number of hydrogen-bond acceptors (Lipinski definition) is 5. The fourth-order valence-corrected chi connectivity index (χ4v) is 1.69. The number of anilines is 1. The monoisotopic (exact) mass is 259 g/mol. The molecule has 0 aliphatic carbocycles. The molecule has 0 aliphatic rings. The van der Waals surface area contributed by atoms with Gasteiger partial charge in [0.1, 0.15) is 0 Å². The Balaban J connectivity index is 2.29. The number of fused-ring (bicyclic) bond motifs is 1. The van der Waals surface area contributed by atoms with Crippen LogP contribution in [-0.2, 0) is 14.4 Å². The van der Waals surface area contributed by atoms with Crippen molar-refractivity contribution in [3.05, 3.63) is 23.0 Å². The Morgan fingerprint density at radius 1 is 1.31 bits per heavy atom. The van der Waals surface area contributed by atoms with Gasteiger partial charge in [-0.1, -0.05) is 0 Å². The lowest BCUT2D eigenvalue weighted by atomic mass is 10.3. The summed E-state index contributed by atoms with van der Waals surface area (Å²) in [7, 11) is -3.52. The highest BCUT2D eigenvalue weighted by Gasteiger charge is 2.03. The predicted molar refractivity (Wildman–Crippen MR) is 63.0 cm³/mol. The Hall–Kier alpha value is -1.38. The summed E-state index contributed by atoms with van der Waals surface area (Å²) in [6, 6.07) is 5.12. The Bertz CT molecular complexity index is 671. The molecule has 2 rings (SSSR count). The minimum absolute atomic E-state index is 0.510. The summed E-state index contributed by atoms with van der Waals surface area (Å²) in [5, 5.41) is 0. The number of rotatable bonds is 3. The van der Waals surface area contributed by atoms with Crippen molar-refractivity contribution < 1.29 is 12.7 Å². The third kappa shape index (κ3) is 2.60. The van der Waals surface area contributed by atoms with Gasteiger partial charge < -0.3 is 9.97 Å². The summed E-state index contributed by atoms with van der Waals surface area (Å²) >= 11 is 4.92. The molecule has 2 aromatic rings.